The third-order valence-electron chi connectivity index (χ3n) is 4.37. The van der Waals surface area contributed by atoms with E-state index in [-0.39, 0.29) is 5.91 Å². The molecule has 1 amide bonds. The van der Waals surface area contributed by atoms with E-state index in [2.05, 4.69) is 11.0 Å². The van der Waals surface area contributed by atoms with Gasteiger partial charge in [-0.05, 0) is 24.1 Å². The molecular weight excluding hydrogens is 300 g/mol. The molecule has 0 atom stereocenters. The molecule has 3 rings (SSSR count). The SMILES string of the molecule is COc1cccc(N2CCN(C(=O)[CH]Cc3ccccc3)CC2)c1. The minimum absolute atomic E-state index is 0.129. The van der Waals surface area contributed by atoms with Gasteiger partial charge < -0.3 is 14.5 Å². The largest absolute Gasteiger partial charge is 0.497 e. The zero-order valence-corrected chi connectivity index (χ0v) is 14.0. The molecule has 0 bridgehead atoms. The van der Waals surface area contributed by atoms with Crippen molar-refractivity contribution >= 4 is 11.6 Å². The molecule has 1 fully saturated rings. The molecule has 0 spiro atoms. The second-order valence-corrected chi connectivity index (χ2v) is 5.91. The van der Waals surface area contributed by atoms with E-state index in [9.17, 15) is 4.79 Å². The van der Waals surface area contributed by atoms with Gasteiger partial charge in [-0.1, -0.05) is 36.4 Å². The lowest BCUT2D eigenvalue weighted by atomic mass is 10.1. The maximum Gasteiger partial charge on any atom is 0.226 e. The molecule has 0 N–H and O–H groups in total. The first-order valence-electron chi connectivity index (χ1n) is 8.31. The smallest absolute Gasteiger partial charge is 0.226 e. The van der Waals surface area contributed by atoms with E-state index in [1.165, 1.54) is 5.56 Å². The predicted molar refractivity (Wildman–Crippen MR) is 96.2 cm³/mol. The summed E-state index contributed by atoms with van der Waals surface area (Å²) in [5.74, 6) is 0.992. The number of carbonyl (C=O) groups excluding carboxylic acids is 1. The van der Waals surface area contributed by atoms with Gasteiger partial charge in [0.15, 0.2) is 0 Å². The number of hydrogen-bond donors (Lipinski definition) is 0. The molecular formula is C20H23N2O2. The summed E-state index contributed by atoms with van der Waals surface area (Å²) in [6.07, 6.45) is 2.48. The van der Waals surface area contributed by atoms with Crippen LogP contribution >= 0.6 is 0 Å². The van der Waals surface area contributed by atoms with E-state index in [1.807, 2.05) is 53.4 Å². The quantitative estimate of drug-likeness (QED) is 0.848. The Morgan fingerprint density at radius 1 is 1.04 bits per heavy atom. The fraction of sp³-hybridized carbons (Fsp3) is 0.300. The van der Waals surface area contributed by atoms with Crippen LogP contribution in [0.2, 0.25) is 0 Å². The topological polar surface area (TPSA) is 32.8 Å². The first-order chi connectivity index (χ1) is 11.8. The second-order valence-electron chi connectivity index (χ2n) is 5.91. The van der Waals surface area contributed by atoms with E-state index < -0.39 is 0 Å². The fourth-order valence-electron chi connectivity index (χ4n) is 2.94. The van der Waals surface area contributed by atoms with Gasteiger partial charge in [0.25, 0.3) is 0 Å². The van der Waals surface area contributed by atoms with Crippen molar-refractivity contribution in [1.82, 2.24) is 4.90 Å². The monoisotopic (exact) mass is 323 g/mol. The molecule has 0 unspecified atom stereocenters. The summed E-state index contributed by atoms with van der Waals surface area (Å²) >= 11 is 0. The molecule has 1 heterocycles. The number of amides is 1. The number of piperazine rings is 1. The number of anilines is 1. The van der Waals surface area contributed by atoms with Gasteiger partial charge in [-0.3, -0.25) is 4.79 Å². The Labute approximate surface area is 143 Å². The number of benzene rings is 2. The second kappa shape index (κ2) is 7.86. The van der Waals surface area contributed by atoms with Crippen LogP contribution in [0.1, 0.15) is 5.56 Å². The van der Waals surface area contributed by atoms with Gasteiger partial charge in [-0.25, -0.2) is 0 Å². The average Bonchev–Trinajstić information content (AvgIpc) is 2.67. The van der Waals surface area contributed by atoms with Crippen LogP contribution in [0.25, 0.3) is 0 Å². The molecule has 0 aliphatic carbocycles. The lowest BCUT2D eigenvalue weighted by Crippen LogP contribution is -2.49. The number of hydrogen-bond acceptors (Lipinski definition) is 3. The number of ether oxygens (including phenoxy) is 1. The van der Waals surface area contributed by atoms with Crippen molar-refractivity contribution in [1.29, 1.82) is 0 Å². The van der Waals surface area contributed by atoms with Gasteiger partial charge in [0.1, 0.15) is 5.75 Å². The average molecular weight is 323 g/mol. The van der Waals surface area contributed by atoms with Crippen LogP contribution < -0.4 is 9.64 Å². The summed E-state index contributed by atoms with van der Waals surface area (Å²) in [6, 6.07) is 18.2. The Balaban J connectivity index is 1.50. The van der Waals surface area contributed by atoms with Crippen LogP contribution in [-0.2, 0) is 11.2 Å². The standard InChI is InChI=1S/C20H23N2O2/c1-24-19-9-5-8-18(16-19)21-12-14-22(15-13-21)20(23)11-10-17-6-3-2-4-7-17/h2-9,11,16H,10,12-15H2,1H3. The summed E-state index contributed by atoms with van der Waals surface area (Å²) in [6.45, 7) is 3.19. The van der Waals surface area contributed by atoms with Gasteiger partial charge in [-0.15, -0.1) is 0 Å². The number of nitrogens with zero attached hydrogens (tertiary/aromatic N) is 2. The van der Waals surface area contributed by atoms with Crippen LogP contribution in [0.3, 0.4) is 0 Å². The summed E-state index contributed by atoms with van der Waals surface area (Å²) in [7, 11) is 1.68. The van der Waals surface area contributed by atoms with Crippen molar-refractivity contribution in [3.05, 3.63) is 66.6 Å². The molecule has 2 aromatic rings. The Morgan fingerprint density at radius 2 is 1.79 bits per heavy atom. The van der Waals surface area contributed by atoms with Crippen molar-refractivity contribution in [2.75, 3.05) is 38.2 Å². The molecule has 4 heteroatoms. The Bertz CT molecular complexity index is 664. The highest BCUT2D eigenvalue weighted by Gasteiger charge is 2.21. The maximum absolute atomic E-state index is 12.3. The minimum Gasteiger partial charge on any atom is -0.497 e. The summed E-state index contributed by atoms with van der Waals surface area (Å²) in [5, 5.41) is 0. The van der Waals surface area contributed by atoms with Gasteiger partial charge in [-0.2, -0.15) is 0 Å². The Kier molecular flexibility index (Phi) is 5.36. The highest BCUT2D eigenvalue weighted by molar-refractivity contribution is 5.85. The van der Waals surface area contributed by atoms with Crippen LogP contribution in [0, 0.1) is 6.42 Å². The molecule has 1 aliphatic heterocycles. The number of carbonyl (C=O) groups is 1. The van der Waals surface area contributed by atoms with Crippen molar-refractivity contribution in [3.8, 4) is 5.75 Å². The molecule has 1 radical (unpaired) electrons. The van der Waals surface area contributed by atoms with Crippen LogP contribution in [-0.4, -0.2) is 44.1 Å². The van der Waals surface area contributed by atoms with Crippen LogP contribution in [0.15, 0.2) is 54.6 Å². The van der Waals surface area contributed by atoms with Crippen molar-refractivity contribution < 1.29 is 9.53 Å². The Hall–Kier alpha value is -2.49. The third kappa shape index (κ3) is 4.07. The zero-order valence-electron chi connectivity index (χ0n) is 14.0. The molecule has 0 saturated carbocycles. The molecule has 1 saturated heterocycles. The number of methoxy groups -OCH3 is 1. The minimum atomic E-state index is 0.129. The normalized spacial score (nSPS) is 14.5. The number of rotatable bonds is 5. The third-order valence-corrected chi connectivity index (χ3v) is 4.37. The van der Waals surface area contributed by atoms with E-state index in [0.29, 0.717) is 6.42 Å². The summed E-state index contributed by atoms with van der Waals surface area (Å²) in [4.78, 5) is 16.6. The fourth-order valence-corrected chi connectivity index (χ4v) is 2.94. The molecule has 125 valence electrons. The predicted octanol–water partition coefficient (Wildman–Crippen LogP) is 2.79. The first-order valence-corrected chi connectivity index (χ1v) is 8.31. The molecule has 24 heavy (non-hydrogen) atoms. The molecule has 4 nitrogen and oxygen atoms in total. The molecule has 2 aromatic carbocycles. The van der Waals surface area contributed by atoms with E-state index in [1.54, 1.807) is 13.5 Å². The lowest BCUT2D eigenvalue weighted by Gasteiger charge is -2.36. The first kappa shape index (κ1) is 16.4. The van der Waals surface area contributed by atoms with Crippen molar-refractivity contribution in [2.24, 2.45) is 0 Å². The highest BCUT2D eigenvalue weighted by atomic mass is 16.5. The van der Waals surface area contributed by atoms with Gasteiger partial charge in [0, 0.05) is 37.9 Å². The van der Waals surface area contributed by atoms with E-state index >= 15 is 0 Å². The molecule has 1 aliphatic rings. The van der Waals surface area contributed by atoms with Crippen molar-refractivity contribution in [3.63, 3.8) is 0 Å². The van der Waals surface area contributed by atoms with Gasteiger partial charge in [0.05, 0.1) is 13.5 Å². The Morgan fingerprint density at radius 3 is 2.50 bits per heavy atom. The zero-order chi connectivity index (χ0) is 16.8. The molecule has 0 aromatic heterocycles. The summed E-state index contributed by atoms with van der Waals surface area (Å²) in [5.41, 5.74) is 2.32. The van der Waals surface area contributed by atoms with E-state index in [4.69, 9.17) is 4.74 Å². The maximum atomic E-state index is 12.3. The van der Waals surface area contributed by atoms with Crippen molar-refractivity contribution in [2.45, 2.75) is 6.42 Å². The summed E-state index contributed by atoms with van der Waals surface area (Å²) < 4.78 is 5.28. The van der Waals surface area contributed by atoms with Crippen LogP contribution in [0.5, 0.6) is 5.75 Å². The van der Waals surface area contributed by atoms with Crippen LogP contribution in [0.4, 0.5) is 5.69 Å². The van der Waals surface area contributed by atoms with Gasteiger partial charge in [0.2, 0.25) is 5.91 Å². The highest BCUT2D eigenvalue weighted by Crippen LogP contribution is 2.22. The van der Waals surface area contributed by atoms with E-state index in [0.717, 1.165) is 37.6 Å². The lowest BCUT2D eigenvalue weighted by molar-refractivity contribution is -0.127. The van der Waals surface area contributed by atoms with Gasteiger partial charge >= 0.3 is 0 Å².